The van der Waals surface area contributed by atoms with Crippen molar-refractivity contribution >= 4 is 0 Å². The molecular weight excluding hydrogens is 108 g/mol. The van der Waals surface area contributed by atoms with E-state index < -0.39 is 0 Å². The summed E-state index contributed by atoms with van der Waals surface area (Å²) >= 11 is 0. The molecule has 0 rings (SSSR count). The fraction of sp³-hybridized carbons (Fsp3) is 0.556. The molecule has 0 heterocycles. The van der Waals surface area contributed by atoms with Crippen molar-refractivity contribution in [3.05, 3.63) is 24.8 Å². The van der Waals surface area contributed by atoms with Gasteiger partial charge in [0.2, 0.25) is 0 Å². The van der Waals surface area contributed by atoms with Crippen LogP contribution >= 0.6 is 0 Å². The highest BCUT2D eigenvalue weighted by atomic mass is 13.9. The molecule has 0 saturated carbocycles. The molecule has 0 heteroatoms. The summed E-state index contributed by atoms with van der Waals surface area (Å²) in [6, 6.07) is 0. The Hall–Kier alpha value is -0.520. The van der Waals surface area contributed by atoms with Crippen molar-refractivity contribution in [1.82, 2.24) is 0 Å². The Balaban J connectivity index is 3.25. The van der Waals surface area contributed by atoms with Crippen molar-refractivity contribution in [3.63, 3.8) is 0 Å². The zero-order chi connectivity index (χ0) is 7.11. The van der Waals surface area contributed by atoms with E-state index in [1.807, 2.05) is 6.08 Å². The van der Waals surface area contributed by atoms with Gasteiger partial charge in [0.05, 0.1) is 0 Å². The molecule has 0 fully saturated rings. The first-order chi connectivity index (χ1) is 4.31. The minimum absolute atomic E-state index is 0.632. The van der Waals surface area contributed by atoms with Crippen LogP contribution in [0.15, 0.2) is 24.8 Å². The number of allylic oxidation sites excluding steroid dienone is 3. The van der Waals surface area contributed by atoms with Crippen molar-refractivity contribution in [1.29, 1.82) is 0 Å². The molecule has 0 aliphatic heterocycles. The molecule has 0 bridgehead atoms. The van der Waals surface area contributed by atoms with Gasteiger partial charge < -0.3 is 0 Å². The van der Waals surface area contributed by atoms with E-state index in [1.54, 1.807) is 0 Å². The molecule has 0 aliphatic carbocycles. The molecule has 0 spiro atoms. The number of hydrogen-bond donors (Lipinski definition) is 0. The van der Waals surface area contributed by atoms with Crippen LogP contribution in [-0.4, -0.2) is 0 Å². The predicted molar refractivity (Wildman–Crippen MR) is 43.4 cm³/mol. The highest BCUT2D eigenvalue weighted by Gasteiger charge is 1.88. The SMILES string of the molecule is C=C[C@@H](C)CC=CCC. The molecule has 52 valence electrons. The standard InChI is InChI=1S/C9H16/c1-4-6-7-8-9(3)5-2/h5-7,9H,2,4,8H2,1,3H3/t9-/m1/s1. The minimum Gasteiger partial charge on any atom is -0.103 e. The van der Waals surface area contributed by atoms with Crippen LogP contribution in [0.25, 0.3) is 0 Å². The largest absolute Gasteiger partial charge is 0.103 e. The maximum atomic E-state index is 3.71. The summed E-state index contributed by atoms with van der Waals surface area (Å²) < 4.78 is 0. The van der Waals surface area contributed by atoms with Gasteiger partial charge in [-0.2, -0.15) is 0 Å². The maximum Gasteiger partial charge on any atom is -0.0230 e. The van der Waals surface area contributed by atoms with Crippen molar-refractivity contribution in [2.24, 2.45) is 5.92 Å². The van der Waals surface area contributed by atoms with Crippen molar-refractivity contribution < 1.29 is 0 Å². The number of rotatable bonds is 4. The molecule has 0 amide bonds. The van der Waals surface area contributed by atoms with Gasteiger partial charge >= 0.3 is 0 Å². The Morgan fingerprint density at radius 2 is 2.11 bits per heavy atom. The Bertz CT molecular complexity index is 90.2. The second-order valence-electron chi connectivity index (χ2n) is 2.33. The van der Waals surface area contributed by atoms with Crippen molar-refractivity contribution in [2.45, 2.75) is 26.7 Å². The maximum absolute atomic E-state index is 3.71. The van der Waals surface area contributed by atoms with Crippen LogP contribution < -0.4 is 0 Å². The van der Waals surface area contributed by atoms with E-state index in [0.29, 0.717) is 5.92 Å². The van der Waals surface area contributed by atoms with Crippen molar-refractivity contribution in [3.8, 4) is 0 Å². The van der Waals surface area contributed by atoms with Crippen LogP contribution in [0.3, 0.4) is 0 Å². The van der Waals surface area contributed by atoms with Crippen molar-refractivity contribution in [2.75, 3.05) is 0 Å². The fourth-order valence-electron chi connectivity index (χ4n) is 0.574. The van der Waals surface area contributed by atoms with Gasteiger partial charge in [-0.15, -0.1) is 6.58 Å². The van der Waals surface area contributed by atoms with Gasteiger partial charge in [0.25, 0.3) is 0 Å². The molecular formula is C9H16. The first kappa shape index (κ1) is 8.48. The minimum atomic E-state index is 0.632. The molecule has 0 aliphatic rings. The second kappa shape index (κ2) is 5.61. The van der Waals surface area contributed by atoms with Gasteiger partial charge in [-0.05, 0) is 18.8 Å². The Morgan fingerprint density at radius 3 is 2.56 bits per heavy atom. The summed E-state index contributed by atoms with van der Waals surface area (Å²) in [5, 5.41) is 0. The van der Waals surface area contributed by atoms with E-state index in [9.17, 15) is 0 Å². The van der Waals surface area contributed by atoms with Crippen LogP contribution in [0.2, 0.25) is 0 Å². The van der Waals surface area contributed by atoms with E-state index in [2.05, 4.69) is 32.6 Å². The molecule has 9 heavy (non-hydrogen) atoms. The first-order valence-corrected chi connectivity index (χ1v) is 3.58. The average molecular weight is 124 g/mol. The summed E-state index contributed by atoms with van der Waals surface area (Å²) in [6.07, 6.45) is 8.67. The molecule has 1 atom stereocenters. The topological polar surface area (TPSA) is 0 Å². The molecule has 0 N–H and O–H groups in total. The lowest BCUT2D eigenvalue weighted by molar-refractivity contribution is 0.745. The highest BCUT2D eigenvalue weighted by Crippen LogP contribution is 2.02. The van der Waals surface area contributed by atoms with E-state index >= 15 is 0 Å². The second-order valence-corrected chi connectivity index (χ2v) is 2.33. The smallest absolute Gasteiger partial charge is 0.0230 e. The third-order valence-electron chi connectivity index (χ3n) is 1.31. The highest BCUT2D eigenvalue weighted by molar-refractivity contribution is 4.87. The third-order valence-corrected chi connectivity index (χ3v) is 1.31. The molecule has 0 aromatic heterocycles. The summed E-state index contributed by atoms with van der Waals surface area (Å²) in [4.78, 5) is 0. The lowest BCUT2D eigenvalue weighted by atomic mass is 10.1. The summed E-state index contributed by atoms with van der Waals surface area (Å²) in [5.74, 6) is 0.632. The zero-order valence-corrected chi connectivity index (χ0v) is 6.43. The van der Waals surface area contributed by atoms with Crippen LogP contribution in [-0.2, 0) is 0 Å². The molecule has 0 radical (unpaired) electrons. The average Bonchev–Trinajstić information content (AvgIpc) is 1.89. The fourth-order valence-corrected chi connectivity index (χ4v) is 0.574. The Morgan fingerprint density at radius 1 is 1.44 bits per heavy atom. The van der Waals surface area contributed by atoms with Gasteiger partial charge in [0, 0.05) is 0 Å². The summed E-state index contributed by atoms with van der Waals surface area (Å²) in [7, 11) is 0. The van der Waals surface area contributed by atoms with Gasteiger partial charge in [-0.1, -0.05) is 32.1 Å². The normalized spacial score (nSPS) is 14.0. The quantitative estimate of drug-likeness (QED) is 0.505. The molecule has 0 aromatic rings. The lowest BCUT2D eigenvalue weighted by Gasteiger charge is -1.97. The van der Waals surface area contributed by atoms with Crippen LogP contribution in [0.4, 0.5) is 0 Å². The van der Waals surface area contributed by atoms with E-state index in [4.69, 9.17) is 0 Å². The molecule has 0 nitrogen and oxygen atoms in total. The number of hydrogen-bond acceptors (Lipinski definition) is 0. The molecule has 0 aromatic carbocycles. The van der Waals surface area contributed by atoms with Crippen LogP contribution in [0, 0.1) is 5.92 Å². The Labute approximate surface area is 58.3 Å². The van der Waals surface area contributed by atoms with Gasteiger partial charge in [-0.25, -0.2) is 0 Å². The monoisotopic (exact) mass is 124 g/mol. The van der Waals surface area contributed by atoms with Gasteiger partial charge in [-0.3, -0.25) is 0 Å². The zero-order valence-electron chi connectivity index (χ0n) is 6.43. The van der Waals surface area contributed by atoms with Crippen LogP contribution in [0.5, 0.6) is 0 Å². The van der Waals surface area contributed by atoms with E-state index in [-0.39, 0.29) is 0 Å². The molecule has 0 saturated heterocycles. The Kier molecular flexibility index (Phi) is 5.29. The van der Waals surface area contributed by atoms with Gasteiger partial charge in [0.1, 0.15) is 0 Å². The summed E-state index contributed by atoms with van der Waals surface area (Å²) in [5.41, 5.74) is 0. The first-order valence-electron chi connectivity index (χ1n) is 3.58. The summed E-state index contributed by atoms with van der Waals surface area (Å²) in [6.45, 7) is 8.03. The van der Waals surface area contributed by atoms with Gasteiger partial charge in [0.15, 0.2) is 0 Å². The lowest BCUT2D eigenvalue weighted by Crippen LogP contribution is -1.83. The van der Waals surface area contributed by atoms with E-state index in [0.717, 1.165) is 12.8 Å². The van der Waals surface area contributed by atoms with E-state index in [1.165, 1.54) is 0 Å². The van der Waals surface area contributed by atoms with Crippen LogP contribution in [0.1, 0.15) is 26.7 Å². The predicted octanol–water partition coefficient (Wildman–Crippen LogP) is 3.16. The third kappa shape index (κ3) is 5.35. The molecule has 0 unspecified atom stereocenters.